The summed E-state index contributed by atoms with van der Waals surface area (Å²) < 4.78 is 7.62. The van der Waals surface area contributed by atoms with Gasteiger partial charge in [0.05, 0.1) is 11.8 Å². The number of rotatable bonds is 5. The summed E-state index contributed by atoms with van der Waals surface area (Å²) in [7, 11) is 0. The van der Waals surface area contributed by atoms with E-state index >= 15 is 0 Å². The van der Waals surface area contributed by atoms with E-state index in [4.69, 9.17) is 9.52 Å². The Balaban J connectivity index is 2.34. The normalized spacial score (nSPS) is 12.6. The summed E-state index contributed by atoms with van der Waals surface area (Å²) in [6.07, 6.45) is 1.77. The van der Waals surface area contributed by atoms with Crippen LogP contribution in [0.2, 0.25) is 0 Å². The number of thioether (sulfide) groups is 1. The zero-order valence-corrected chi connectivity index (χ0v) is 12.8. The molecule has 0 aliphatic rings. The van der Waals surface area contributed by atoms with Gasteiger partial charge in [-0.05, 0) is 33.8 Å². The average molecular weight is 294 g/mol. The van der Waals surface area contributed by atoms with Crippen LogP contribution in [0.5, 0.6) is 0 Å². The minimum Gasteiger partial charge on any atom is -0.481 e. The summed E-state index contributed by atoms with van der Waals surface area (Å²) in [5.74, 6) is 0.927. The lowest BCUT2D eigenvalue weighted by atomic mass is 10.1. The molecule has 6 heteroatoms. The van der Waals surface area contributed by atoms with Crippen LogP contribution in [0.3, 0.4) is 0 Å². The van der Waals surface area contributed by atoms with Crippen molar-refractivity contribution in [1.82, 2.24) is 9.55 Å². The van der Waals surface area contributed by atoms with E-state index in [2.05, 4.69) is 11.9 Å². The molecule has 1 N–H and O–H groups in total. The lowest BCUT2D eigenvalue weighted by molar-refractivity contribution is -0.133. The molecule has 1 atom stereocenters. The van der Waals surface area contributed by atoms with Gasteiger partial charge < -0.3 is 14.1 Å². The van der Waals surface area contributed by atoms with Crippen LogP contribution >= 0.6 is 11.8 Å². The molecule has 2 heterocycles. The summed E-state index contributed by atoms with van der Waals surface area (Å²) in [5, 5.41) is 9.52. The van der Waals surface area contributed by atoms with E-state index in [9.17, 15) is 4.79 Å². The molecular weight excluding hydrogens is 276 g/mol. The Morgan fingerprint density at radius 1 is 1.50 bits per heavy atom. The molecule has 20 heavy (non-hydrogen) atoms. The first kappa shape index (κ1) is 14.7. The Kier molecular flexibility index (Phi) is 4.23. The van der Waals surface area contributed by atoms with E-state index in [-0.39, 0.29) is 11.8 Å². The zero-order valence-electron chi connectivity index (χ0n) is 12.0. The molecule has 2 aromatic heterocycles. The standard InChI is InChI=1S/C14H18N2O3S/c1-8-6-15-14(20-7-13(17)18)16(8)10(3)12-5-9(2)19-11(12)4/h5-6,10H,7H2,1-4H3,(H,17,18). The summed E-state index contributed by atoms with van der Waals surface area (Å²) in [6.45, 7) is 7.90. The first-order valence-electron chi connectivity index (χ1n) is 6.35. The molecule has 0 bridgehead atoms. The third-order valence-electron chi connectivity index (χ3n) is 3.19. The number of furan rings is 1. The van der Waals surface area contributed by atoms with Crippen LogP contribution in [-0.2, 0) is 4.79 Å². The predicted molar refractivity (Wildman–Crippen MR) is 77.3 cm³/mol. The smallest absolute Gasteiger partial charge is 0.313 e. The van der Waals surface area contributed by atoms with E-state index < -0.39 is 5.97 Å². The average Bonchev–Trinajstić information content (AvgIpc) is 2.89. The van der Waals surface area contributed by atoms with Crippen molar-refractivity contribution in [2.75, 3.05) is 5.75 Å². The summed E-state index contributed by atoms with van der Waals surface area (Å²) in [6, 6.07) is 2.08. The molecule has 2 aromatic rings. The first-order valence-corrected chi connectivity index (χ1v) is 7.34. The number of carboxylic acids is 1. The van der Waals surface area contributed by atoms with E-state index in [0.717, 1.165) is 27.9 Å². The number of aliphatic carboxylic acids is 1. The highest BCUT2D eigenvalue weighted by Gasteiger charge is 2.19. The van der Waals surface area contributed by atoms with Crippen LogP contribution < -0.4 is 0 Å². The van der Waals surface area contributed by atoms with Crippen LogP contribution in [0.1, 0.15) is 35.7 Å². The molecular formula is C14H18N2O3S. The Morgan fingerprint density at radius 3 is 2.75 bits per heavy atom. The van der Waals surface area contributed by atoms with Gasteiger partial charge in [-0.15, -0.1) is 0 Å². The summed E-state index contributed by atoms with van der Waals surface area (Å²) in [4.78, 5) is 15.0. The van der Waals surface area contributed by atoms with E-state index in [0.29, 0.717) is 0 Å². The van der Waals surface area contributed by atoms with Crippen LogP contribution in [0.4, 0.5) is 0 Å². The van der Waals surface area contributed by atoms with Gasteiger partial charge in [-0.1, -0.05) is 11.8 Å². The first-order chi connectivity index (χ1) is 9.40. The van der Waals surface area contributed by atoms with Gasteiger partial charge in [0.2, 0.25) is 0 Å². The zero-order chi connectivity index (χ0) is 14.9. The fraction of sp³-hybridized carbons (Fsp3) is 0.429. The summed E-state index contributed by atoms with van der Waals surface area (Å²) in [5.41, 5.74) is 2.10. The topological polar surface area (TPSA) is 68.3 Å². The van der Waals surface area contributed by atoms with Crippen molar-refractivity contribution in [1.29, 1.82) is 0 Å². The van der Waals surface area contributed by atoms with Gasteiger partial charge in [-0.25, -0.2) is 4.98 Å². The second kappa shape index (κ2) is 5.75. The highest BCUT2D eigenvalue weighted by Crippen LogP contribution is 2.30. The highest BCUT2D eigenvalue weighted by molar-refractivity contribution is 7.99. The molecule has 5 nitrogen and oxygen atoms in total. The molecule has 0 aromatic carbocycles. The van der Waals surface area contributed by atoms with E-state index in [1.165, 1.54) is 11.8 Å². The minimum absolute atomic E-state index is 0.00652. The molecule has 1 unspecified atom stereocenters. The fourth-order valence-electron chi connectivity index (χ4n) is 2.33. The maximum Gasteiger partial charge on any atom is 0.313 e. The summed E-state index contributed by atoms with van der Waals surface area (Å²) >= 11 is 1.23. The van der Waals surface area contributed by atoms with Crippen molar-refractivity contribution in [3.05, 3.63) is 35.0 Å². The number of nitrogens with zero attached hydrogens (tertiary/aromatic N) is 2. The second-order valence-corrected chi connectivity index (χ2v) is 5.72. The molecule has 0 fully saturated rings. The minimum atomic E-state index is -0.842. The Morgan fingerprint density at radius 2 is 2.20 bits per heavy atom. The van der Waals surface area contributed by atoms with Crippen molar-refractivity contribution in [3.63, 3.8) is 0 Å². The number of hydrogen-bond donors (Lipinski definition) is 1. The SMILES string of the molecule is Cc1cc(C(C)n2c(C)cnc2SCC(=O)O)c(C)o1. The van der Waals surface area contributed by atoms with Crippen LogP contribution in [0, 0.1) is 20.8 Å². The molecule has 0 amide bonds. The van der Waals surface area contributed by atoms with E-state index in [1.807, 2.05) is 31.4 Å². The van der Waals surface area contributed by atoms with Crippen molar-refractivity contribution in [2.45, 2.75) is 38.9 Å². The van der Waals surface area contributed by atoms with Crippen LogP contribution in [-0.4, -0.2) is 26.4 Å². The third kappa shape index (κ3) is 2.90. The molecule has 0 saturated heterocycles. The third-order valence-corrected chi connectivity index (χ3v) is 4.14. The lowest BCUT2D eigenvalue weighted by Gasteiger charge is -2.17. The quantitative estimate of drug-likeness (QED) is 0.858. The van der Waals surface area contributed by atoms with Gasteiger partial charge >= 0.3 is 5.97 Å². The number of aromatic nitrogens is 2. The molecule has 0 saturated carbocycles. The Bertz CT molecular complexity index is 630. The van der Waals surface area contributed by atoms with Crippen molar-refractivity contribution < 1.29 is 14.3 Å². The van der Waals surface area contributed by atoms with Crippen molar-refractivity contribution in [2.24, 2.45) is 0 Å². The Hall–Kier alpha value is -1.69. The molecule has 0 aliphatic carbocycles. The number of hydrogen-bond acceptors (Lipinski definition) is 4. The molecule has 0 radical (unpaired) electrons. The van der Waals surface area contributed by atoms with Crippen LogP contribution in [0.25, 0.3) is 0 Å². The largest absolute Gasteiger partial charge is 0.481 e. The van der Waals surface area contributed by atoms with Gasteiger partial charge in [-0.2, -0.15) is 0 Å². The molecule has 0 aliphatic heterocycles. The maximum atomic E-state index is 10.7. The van der Waals surface area contributed by atoms with Crippen molar-refractivity contribution in [3.8, 4) is 0 Å². The second-order valence-electron chi connectivity index (χ2n) is 4.78. The predicted octanol–water partition coefficient (Wildman–Crippen LogP) is 3.19. The Labute approximate surface area is 122 Å². The van der Waals surface area contributed by atoms with Gasteiger partial charge in [-0.3, -0.25) is 4.79 Å². The van der Waals surface area contributed by atoms with Crippen LogP contribution in [0.15, 0.2) is 21.8 Å². The van der Waals surface area contributed by atoms with Crippen molar-refractivity contribution >= 4 is 17.7 Å². The number of aryl methyl sites for hydroxylation is 3. The highest BCUT2D eigenvalue weighted by atomic mass is 32.2. The molecule has 0 spiro atoms. The monoisotopic (exact) mass is 294 g/mol. The lowest BCUT2D eigenvalue weighted by Crippen LogP contribution is -2.11. The van der Waals surface area contributed by atoms with Gasteiger partial charge in [0.15, 0.2) is 5.16 Å². The molecule has 108 valence electrons. The number of imidazole rings is 1. The van der Waals surface area contributed by atoms with E-state index in [1.54, 1.807) is 6.20 Å². The van der Waals surface area contributed by atoms with Gasteiger partial charge in [0.1, 0.15) is 11.5 Å². The molecule has 2 rings (SSSR count). The van der Waals surface area contributed by atoms with Gasteiger partial charge in [0, 0.05) is 17.5 Å². The fourth-order valence-corrected chi connectivity index (χ4v) is 3.15. The number of carbonyl (C=O) groups is 1. The number of carboxylic acid groups (broad SMARTS) is 1. The van der Waals surface area contributed by atoms with Gasteiger partial charge in [0.25, 0.3) is 0 Å². The maximum absolute atomic E-state index is 10.7.